The molecule has 0 aliphatic carbocycles. The molecule has 220 valence electrons. The van der Waals surface area contributed by atoms with Gasteiger partial charge in [-0.05, 0) is 38.1 Å². The van der Waals surface area contributed by atoms with Crippen molar-refractivity contribution in [3.05, 3.63) is 47.5 Å². The monoisotopic (exact) mass is 570 g/mol. The fourth-order valence-electron chi connectivity index (χ4n) is 4.98. The molecule has 0 unspecified atom stereocenters. The van der Waals surface area contributed by atoms with Gasteiger partial charge in [-0.15, -0.1) is 0 Å². The quantitative estimate of drug-likeness (QED) is 0.413. The molecule has 4 rings (SSSR count). The SMILES string of the molecule is COc1cc(C(C)(C)C)ncc1NCC#Cc1cc(C(=O)N[C@H]2CCN(C)C[C@@H]2C)c2ncn(CC(F)(F)F)c2c1. The van der Waals surface area contributed by atoms with Crippen LogP contribution in [-0.4, -0.2) is 71.4 Å². The number of carbonyl (C=O) groups excluding carboxylic acids is 1. The van der Waals surface area contributed by atoms with Gasteiger partial charge in [-0.1, -0.05) is 39.5 Å². The molecule has 11 heteroatoms. The average Bonchev–Trinajstić information content (AvgIpc) is 3.28. The van der Waals surface area contributed by atoms with E-state index >= 15 is 0 Å². The van der Waals surface area contributed by atoms with Gasteiger partial charge in [0, 0.05) is 35.3 Å². The van der Waals surface area contributed by atoms with Gasteiger partial charge in [-0.3, -0.25) is 9.78 Å². The van der Waals surface area contributed by atoms with E-state index in [-0.39, 0.29) is 46.4 Å². The zero-order chi connectivity index (χ0) is 29.9. The maximum Gasteiger partial charge on any atom is 0.406 e. The van der Waals surface area contributed by atoms with E-state index in [9.17, 15) is 18.0 Å². The van der Waals surface area contributed by atoms with Crippen LogP contribution >= 0.6 is 0 Å². The molecule has 3 heterocycles. The molecule has 1 aromatic carbocycles. The topological polar surface area (TPSA) is 84.3 Å². The van der Waals surface area contributed by atoms with Gasteiger partial charge >= 0.3 is 6.18 Å². The molecule has 3 aromatic rings. The fraction of sp³-hybridized carbons (Fsp3) is 0.500. The van der Waals surface area contributed by atoms with E-state index in [1.807, 2.05) is 13.1 Å². The summed E-state index contributed by atoms with van der Waals surface area (Å²) >= 11 is 0. The second-order valence-electron chi connectivity index (χ2n) is 11.7. The Morgan fingerprint density at radius 3 is 2.61 bits per heavy atom. The number of piperidine rings is 1. The van der Waals surface area contributed by atoms with Crippen molar-refractivity contribution in [2.45, 2.75) is 58.3 Å². The third-order valence-electron chi connectivity index (χ3n) is 7.20. The van der Waals surface area contributed by atoms with Gasteiger partial charge in [0.15, 0.2) is 0 Å². The number of alkyl halides is 3. The van der Waals surface area contributed by atoms with Crippen molar-refractivity contribution in [3.63, 3.8) is 0 Å². The number of halogens is 3. The summed E-state index contributed by atoms with van der Waals surface area (Å²) in [6.07, 6.45) is -0.849. The number of rotatable bonds is 6. The molecule has 1 saturated heterocycles. The number of likely N-dealkylation sites (tertiary alicyclic amines) is 1. The summed E-state index contributed by atoms with van der Waals surface area (Å²) in [5.41, 5.74) is 2.45. The molecule has 0 bridgehead atoms. The van der Waals surface area contributed by atoms with E-state index in [4.69, 9.17) is 4.74 Å². The number of nitrogens with one attached hydrogen (secondary N) is 2. The van der Waals surface area contributed by atoms with Crippen LogP contribution in [0, 0.1) is 17.8 Å². The number of hydrogen-bond acceptors (Lipinski definition) is 6. The molecule has 41 heavy (non-hydrogen) atoms. The maximum absolute atomic E-state index is 13.4. The lowest BCUT2D eigenvalue weighted by Crippen LogP contribution is -2.48. The number of carbonyl (C=O) groups is 1. The molecule has 1 fully saturated rings. The van der Waals surface area contributed by atoms with E-state index in [1.165, 1.54) is 6.07 Å². The van der Waals surface area contributed by atoms with E-state index in [0.717, 1.165) is 36.1 Å². The highest BCUT2D eigenvalue weighted by molar-refractivity contribution is 6.05. The van der Waals surface area contributed by atoms with Crippen LogP contribution in [0.4, 0.5) is 18.9 Å². The number of aromatic nitrogens is 3. The number of imidazole rings is 1. The van der Waals surface area contributed by atoms with Gasteiger partial charge < -0.3 is 24.8 Å². The number of amides is 1. The number of anilines is 1. The van der Waals surface area contributed by atoms with E-state index in [2.05, 4.69) is 65.0 Å². The van der Waals surface area contributed by atoms with Crippen molar-refractivity contribution >= 4 is 22.6 Å². The zero-order valence-electron chi connectivity index (χ0n) is 24.3. The van der Waals surface area contributed by atoms with Gasteiger partial charge in [-0.2, -0.15) is 13.2 Å². The van der Waals surface area contributed by atoms with E-state index in [0.29, 0.717) is 17.0 Å². The summed E-state index contributed by atoms with van der Waals surface area (Å²) in [6, 6.07) is 4.96. The van der Waals surface area contributed by atoms with Gasteiger partial charge in [0.2, 0.25) is 0 Å². The molecular weight excluding hydrogens is 533 g/mol. The average molecular weight is 571 g/mol. The summed E-state index contributed by atoms with van der Waals surface area (Å²) in [5, 5.41) is 6.26. The zero-order valence-corrected chi connectivity index (χ0v) is 24.3. The third-order valence-corrected chi connectivity index (χ3v) is 7.20. The lowest BCUT2D eigenvalue weighted by molar-refractivity contribution is -0.139. The van der Waals surface area contributed by atoms with Crippen molar-refractivity contribution in [2.75, 3.05) is 39.1 Å². The largest absolute Gasteiger partial charge is 0.494 e. The predicted molar refractivity (Wildman–Crippen MR) is 153 cm³/mol. The molecule has 8 nitrogen and oxygen atoms in total. The lowest BCUT2D eigenvalue weighted by Gasteiger charge is -2.35. The summed E-state index contributed by atoms with van der Waals surface area (Å²) in [5.74, 6) is 6.48. The van der Waals surface area contributed by atoms with Crippen LogP contribution in [0.5, 0.6) is 5.75 Å². The van der Waals surface area contributed by atoms with Crippen molar-refractivity contribution in [1.82, 2.24) is 24.8 Å². The normalized spacial score (nSPS) is 18.1. The summed E-state index contributed by atoms with van der Waals surface area (Å²) in [4.78, 5) is 24.3. The number of benzene rings is 1. The minimum absolute atomic E-state index is 0.0433. The molecular formula is C30H37F3N6O2. The molecule has 0 saturated carbocycles. The number of fused-ring (bicyclic) bond motifs is 1. The van der Waals surface area contributed by atoms with Crippen molar-refractivity contribution in [1.29, 1.82) is 0 Å². The predicted octanol–water partition coefficient (Wildman–Crippen LogP) is 4.83. The summed E-state index contributed by atoms with van der Waals surface area (Å²) in [7, 11) is 3.62. The molecule has 2 aromatic heterocycles. The number of methoxy groups -OCH3 is 1. The number of hydrogen-bond donors (Lipinski definition) is 2. The Morgan fingerprint density at radius 1 is 1.20 bits per heavy atom. The molecule has 2 N–H and O–H groups in total. The van der Waals surface area contributed by atoms with Gasteiger partial charge in [0.05, 0.1) is 42.9 Å². The summed E-state index contributed by atoms with van der Waals surface area (Å²) < 4.78 is 46.3. The Kier molecular flexibility index (Phi) is 8.83. The minimum Gasteiger partial charge on any atom is -0.494 e. The van der Waals surface area contributed by atoms with Crippen molar-refractivity contribution in [3.8, 4) is 17.6 Å². The highest BCUT2D eigenvalue weighted by Crippen LogP contribution is 2.29. The first-order valence-corrected chi connectivity index (χ1v) is 13.6. The standard InChI is InChI=1S/C30H37F3N6O2/c1-19-16-38(5)11-9-22(19)37-28(40)21-12-20(13-24-27(21)36-18-39(24)17-30(31,32)33)8-7-10-34-23-15-35-26(29(2,3)4)14-25(23)41-6/h12-15,18-19,22,34H,9-11,16-17H2,1-6H3,(H,37,40)/t19-,22-/m0/s1. The van der Waals surface area contributed by atoms with Crippen LogP contribution in [0.2, 0.25) is 0 Å². The Hall–Kier alpha value is -3.78. The number of nitrogens with zero attached hydrogens (tertiary/aromatic N) is 4. The van der Waals surface area contributed by atoms with Crippen molar-refractivity contribution in [2.24, 2.45) is 5.92 Å². The second kappa shape index (κ2) is 12.0. The highest BCUT2D eigenvalue weighted by Gasteiger charge is 2.30. The van der Waals surface area contributed by atoms with Crippen LogP contribution in [0.1, 0.15) is 55.7 Å². The highest BCUT2D eigenvalue weighted by atomic mass is 19.4. The molecule has 0 spiro atoms. The lowest BCUT2D eigenvalue weighted by atomic mass is 9.91. The Balaban J connectivity index is 1.60. The first-order valence-electron chi connectivity index (χ1n) is 13.6. The van der Waals surface area contributed by atoms with E-state index < -0.39 is 12.7 Å². The van der Waals surface area contributed by atoms with Crippen LogP contribution in [0.25, 0.3) is 11.0 Å². The molecule has 2 atom stereocenters. The van der Waals surface area contributed by atoms with Crippen LogP contribution in [0.3, 0.4) is 0 Å². The van der Waals surface area contributed by atoms with Gasteiger partial charge in [-0.25, -0.2) is 4.98 Å². The van der Waals surface area contributed by atoms with Gasteiger partial charge in [0.1, 0.15) is 17.8 Å². The molecule has 0 radical (unpaired) electrons. The first kappa shape index (κ1) is 30.2. The Morgan fingerprint density at radius 2 is 1.95 bits per heavy atom. The number of pyridine rings is 1. The summed E-state index contributed by atoms with van der Waals surface area (Å²) in [6.45, 7) is 8.97. The second-order valence-corrected chi connectivity index (χ2v) is 11.7. The smallest absolute Gasteiger partial charge is 0.406 e. The van der Waals surface area contributed by atoms with E-state index in [1.54, 1.807) is 19.4 Å². The Labute approximate surface area is 238 Å². The molecule has 1 aliphatic heterocycles. The third kappa shape index (κ3) is 7.50. The van der Waals surface area contributed by atoms with Crippen LogP contribution < -0.4 is 15.4 Å². The Bertz CT molecular complexity index is 1470. The molecule has 1 amide bonds. The fourth-order valence-corrected chi connectivity index (χ4v) is 4.98. The van der Waals surface area contributed by atoms with Crippen LogP contribution in [0.15, 0.2) is 30.7 Å². The minimum atomic E-state index is -4.44. The first-order chi connectivity index (χ1) is 19.2. The van der Waals surface area contributed by atoms with Gasteiger partial charge in [0.25, 0.3) is 5.91 Å². The molecule has 1 aliphatic rings. The van der Waals surface area contributed by atoms with Crippen LogP contribution in [-0.2, 0) is 12.0 Å². The van der Waals surface area contributed by atoms with Crippen molar-refractivity contribution < 1.29 is 22.7 Å². The number of ether oxygens (including phenoxy) is 1. The maximum atomic E-state index is 13.4.